The lowest BCUT2D eigenvalue weighted by Gasteiger charge is -2.13. The van der Waals surface area contributed by atoms with E-state index in [0.29, 0.717) is 17.4 Å². The van der Waals surface area contributed by atoms with Gasteiger partial charge >= 0.3 is 0 Å². The van der Waals surface area contributed by atoms with Gasteiger partial charge in [0, 0.05) is 31.1 Å². The Morgan fingerprint density at radius 3 is 2.75 bits per heavy atom. The molecule has 0 bridgehead atoms. The third kappa shape index (κ3) is 5.53. The monoisotopic (exact) mass is 403 g/mol. The van der Waals surface area contributed by atoms with Gasteiger partial charge < -0.3 is 10.3 Å². The lowest BCUT2D eigenvalue weighted by atomic mass is 9.97. The van der Waals surface area contributed by atoms with E-state index in [0.717, 1.165) is 19.3 Å². The van der Waals surface area contributed by atoms with Crippen LogP contribution < -0.4 is 15.6 Å². The van der Waals surface area contributed by atoms with Gasteiger partial charge in [-0.05, 0) is 61.8 Å². The largest absolute Gasteiger partial charge is 0.356 e. The highest BCUT2D eigenvalue weighted by molar-refractivity contribution is 7.89. The fourth-order valence-corrected chi connectivity index (χ4v) is 4.33. The first-order valence-electron chi connectivity index (χ1n) is 9.51. The molecule has 0 saturated heterocycles. The second-order valence-electron chi connectivity index (χ2n) is 6.93. The molecule has 1 aromatic carbocycles. The third-order valence-corrected chi connectivity index (χ3v) is 6.26. The normalized spacial score (nSPS) is 14.6. The number of amides is 1. The summed E-state index contributed by atoms with van der Waals surface area (Å²) in [7, 11) is -3.73. The van der Waals surface area contributed by atoms with Crippen LogP contribution in [0.1, 0.15) is 38.5 Å². The van der Waals surface area contributed by atoms with Crippen molar-refractivity contribution in [3.8, 4) is 0 Å². The predicted molar refractivity (Wildman–Crippen MR) is 109 cm³/mol. The lowest BCUT2D eigenvalue weighted by molar-refractivity contribution is -0.120. The van der Waals surface area contributed by atoms with Gasteiger partial charge in [0.15, 0.2) is 0 Å². The Balaban J connectivity index is 1.48. The number of H-pyrrole nitrogens is 1. The van der Waals surface area contributed by atoms with Crippen molar-refractivity contribution in [3.63, 3.8) is 0 Å². The number of sulfonamides is 1. The van der Waals surface area contributed by atoms with Crippen LogP contribution in [0.15, 0.2) is 51.7 Å². The average molecular weight is 404 g/mol. The van der Waals surface area contributed by atoms with Crippen LogP contribution in [0.3, 0.4) is 0 Å². The minimum absolute atomic E-state index is 0.0283. The number of pyridine rings is 1. The van der Waals surface area contributed by atoms with Gasteiger partial charge in [0.05, 0.1) is 4.90 Å². The molecule has 0 radical (unpaired) electrons. The summed E-state index contributed by atoms with van der Waals surface area (Å²) in [5, 5.41) is 3.46. The molecule has 3 N–H and O–H groups in total. The van der Waals surface area contributed by atoms with E-state index in [-0.39, 0.29) is 29.3 Å². The number of carbonyl (C=O) groups excluding carboxylic acids is 1. The van der Waals surface area contributed by atoms with Gasteiger partial charge in [-0.2, -0.15) is 0 Å². The van der Waals surface area contributed by atoms with E-state index in [9.17, 15) is 18.0 Å². The summed E-state index contributed by atoms with van der Waals surface area (Å²) >= 11 is 0. The molecule has 3 rings (SSSR count). The van der Waals surface area contributed by atoms with Gasteiger partial charge in [0.25, 0.3) is 0 Å². The smallest absolute Gasteiger partial charge is 0.248 e. The number of fused-ring (bicyclic) bond motifs is 1. The number of hydrogen-bond donors (Lipinski definition) is 3. The van der Waals surface area contributed by atoms with Crippen LogP contribution in [0.2, 0.25) is 0 Å². The average Bonchev–Trinajstić information content (AvgIpc) is 2.68. The molecule has 0 fully saturated rings. The summed E-state index contributed by atoms with van der Waals surface area (Å²) in [6.45, 7) is 0.612. The van der Waals surface area contributed by atoms with Crippen LogP contribution in [0, 0.1) is 0 Å². The Bertz CT molecular complexity index is 1040. The molecule has 8 heteroatoms. The van der Waals surface area contributed by atoms with Gasteiger partial charge in [0.1, 0.15) is 0 Å². The fourth-order valence-electron chi connectivity index (χ4n) is 3.26. The van der Waals surface area contributed by atoms with E-state index in [1.165, 1.54) is 36.6 Å². The molecule has 1 aliphatic rings. The highest BCUT2D eigenvalue weighted by Gasteiger charge is 2.15. The Morgan fingerprint density at radius 2 is 1.96 bits per heavy atom. The molecule has 2 aromatic rings. The van der Waals surface area contributed by atoms with Crippen LogP contribution in [0.25, 0.3) is 10.9 Å². The summed E-state index contributed by atoms with van der Waals surface area (Å²) in [6.07, 6.45) is 7.88. The number of hydrogen-bond acceptors (Lipinski definition) is 4. The maximum atomic E-state index is 12.4. The van der Waals surface area contributed by atoms with Crippen molar-refractivity contribution in [2.45, 2.75) is 43.4 Å². The van der Waals surface area contributed by atoms with E-state index in [4.69, 9.17) is 0 Å². The molecular formula is C20H25N3O4S. The molecule has 1 aromatic heterocycles. The van der Waals surface area contributed by atoms with E-state index in [1.54, 1.807) is 12.1 Å². The van der Waals surface area contributed by atoms with Crippen molar-refractivity contribution >= 4 is 26.8 Å². The number of allylic oxidation sites excluding steroid dienone is 1. The van der Waals surface area contributed by atoms with Crippen LogP contribution in [-0.4, -0.2) is 32.4 Å². The molecule has 0 spiro atoms. The lowest BCUT2D eigenvalue weighted by Crippen LogP contribution is -2.31. The minimum atomic E-state index is -3.73. The molecule has 1 aliphatic carbocycles. The van der Waals surface area contributed by atoms with E-state index < -0.39 is 10.0 Å². The maximum absolute atomic E-state index is 12.4. The Morgan fingerprint density at radius 1 is 1.11 bits per heavy atom. The van der Waals surface area contributed by atoms with Crippen LogP contribution in [-0.2, 0) is 14.8 Å². The number of rotatable bonds is 8. The van der Waals surface area contributed by atoms with Crippen molar-refractivity contribution in [1.82, 2.24) is 15.0 Å². The topological polar surface area (TPSA) is 108 Å². The summed E-state index contributed by atoms with van der Waals surface area (Å²) in [5.74, 6) is -0.171. The summed E-state index contributed by atoms with van der Waals surface area (Å²) < 4.78 is 27.3. The van der Waals surface area contributed by atoms with Crippen molar-refractivity contribution in [2.24, 2.45) is 0 Å². The fraction of sp³-hybridized carbons (Fsp3) is 0.400. The van der Waals surface area contributed by atoms with Gasteiger partial charge in [-0.1, -0.05) is 11.6 Å². The first-order valence-corrected chi connectivity index (χ1v) is 11.0. The molecular weight excluding hydrogens is 378 g/mol. The number of aromatic nitrogens is 1. The highest BCUT2D eigenvalue weighted by atomic mass is 32.2. The van der Waals surface area contributed by atoms with Crippen molar-refractivity contribution in [3.05, 3.63) is 52.3 Å². The third-order valence-electron chi connectivity index (χ3n) is 4.80. The second-order valence-corrected chi connectivity index (χ2v) is 8.69. The Kier molecular flexibility index (Phi) is 6.64. The standard InChI is InChI=1S/C20H25N3O4S/c24-19(21-12-10-15-4-2-1-3-5-15)11-13-22-28(26,27)17-7-8-18-16(14-17)6-9-20(25)23-18/h4,6-9,14,22H,1-3,5,10-13H2,(H,21,24)(H,23,25). The number of carbonyl (C=O) groups is 1. The van der Waals surface area contributed by atoms with Crippen LogP contribution in [0.4, 0.5) is 0 Å². The van der Waals surface area contributed by atoms with Crippen LogP contribution >= 0.6 is 0 Å². The molecule has 0 atom stereocenters. The molecule has 150 valence electrons. The Labute approximate surface area is 164 Å². The van der Waals surface area contributed by atoms with Crippen molar-refractivity contribution in [2.75, 3.05) is 13.1 Å². The first kappa shape index (κ1) is 20.3. The molecule has 0 saturated carbocycles. The van der Waals surface area contributed by atoms with Crippen LogP contribution in [0.5, 0.6) is 0 Å². The highest BCUT2D eigenvalue weighted by Crippen LogP contribution is 2.19. The molecule has 1 amide bonds. The Hall–Kier alpha value is -2.45. The SMILES string of the molecule is O=C(CCNS(=O)(=O)c1ccc2[nH]c(=O)ccc2c1)NCCC1=CCCCC1. The number of benzene rings is 1. The van der Waals surface area contributed by atoms with E-state index >= 15 is 0 Å². The van der Waals surface area contributed by atoms with Gasteiger partial charge in [-0.25, -0.2) is 13.1 Å². The van der Waals surface area contributed by atoms with Gasteiger partial charge in [0.2, 0.25) is 21.5 Å². The first-order chi connectivity index (χ1) is 13.4. The van der Waals surface area contributed by atoms with E-state index in [2.05, 4.69) is 21.1 Å². The zero-order chi connectivity index (χ0) is 20.0. The van der Waals surface area contributed by atoms with Crippen molar-refractivity contribution in [1.29, 1.82) is 0 Å². The van der Waals surface area contributed by atoms with Gasteiger partial charge in [-0.3, -0.25) is 9.59 Å². The molecule has 1 heterocycles. The number of aromatic amines is 1. The molecule has 7 nitrogen and oxygen atoms in total. The number of nitrogens with one attached hydrogen (secondary N) is 3. The summed E-state index contributed by atoms with van der Waals surface area (Å²) in [5.41, 5.74) is 1.72. The van der Waals surface area contributed by atoms with Crippen molar-refractivity contribution < 1.29 is 13.2 Å². The maximum Gasteiger partial charge on any atom is 0.248 e. The quantitative estimate of drug-likeness (QED) is 0.587. The zero-order valence-corrected chi connectivity index (χ0v) is 16.5. The molecule has 28 heavy (non-hydrogen) atoms. The zero-order valence-electron chi connectivity index (χ0n) is 15.7. The van der Waals surface area contributed by atoms with Gasteiger partial charge in [-0.15, -0.1) is 0 Å². The molecule has 0 aliphatic heterocycles. The second kappa shape index (κ2) is 9.16. The molecule has 0 unspecified atom stereocenters. The predicted octanol–water partition coefficient (Wildman–Crippen LogP) is 2.20. The summed E-state index contributed by atoms with van der Waals surface area (Å²) in [4.78, 5) is 26.0. The van der Waals surface area contributed by atoms with E-state index in [1.807, 2.05) is 0 Å². The summed E-state index contributed by atoms with van der Waals surface area (Å²) in [6, 6.07) is 7.39. The minimum Gasteiger partial charge on any atom is -0.356 e.